The highest BCUT2D eigenvalue weighted by Crippen LogP contribution is 2.45. The van der Waals surface area contributed by atoms with Gasteiger partial charge < -0.3 is 53.2 Å². The van der Waals surface area contributed by atoms with Crippen molar-refractivity contribution in [2.45, 2.75) is 257 Å². The first-order chi connectivity index (χ1) is 39.6. The molecular weight excluding hydrogens is 1090 g/mol. The Labute approximate surface area is 504 Å². The van der Waals surface area contributed by atoms with E-state index < -0.39 is 96.3 Å². The van der Waals surface area contributed by atoms with E-state index >= 15 is 0 Å². The number of allylic oxidation sites excluding steroid dienone is 6. The zero-order valence-corrected chi connectivity index (χ0v) is 54.8. The van der Waals surface area contributed by atoms with Gasteiger partial charge in [0.2, 0.25) is 5.79 Å². The molecule has 1 aliphatic carbocycles. The molecule has 0 aromatic heterocycles. The van der Waals surface area contributed by atoms with Gasteiger partial charge in [-0.1, -0.05) is 98.8 Å². The molecule has 15 atom stereocenters. The maximum atomic E-state index is 14.8. The van der Waals surface area contributed by atoms with Gasteiger partial charge in [-0.3, -0.25) is 23.7 Å². The molecule has 4 rings (SSSR count). The Bertz CT molecular complexity index is 2300. The highest BCUT2D eigenvalue weighted by molar-refractivity contribution is 7.57. The predicted octanol–water partition coefficient (Wildman–Crippen LogP) is 11.0. The van der Waals surface area contributed by atoms with E-state index in [1.165, 1.54) is 12.0 Å². The van der Waals surface area contributed by atoms with Gasteiger partial charge in [-0.15, -0.1) is 0 Å². The van der Waals surface area contributed by atoms with Crippen LogP contribution in [-0.2, 0) is 61.5 Å². The summed E-state index contributed by atoms with van der Waals surface area (Å²) in [6.45, 7) is 24.7. The van der Waals surface area contributed by atoms with E-state index in [9.17, 15) is 43.9 Å². The molecule has 480 valence electrons. The number of piperidine rings is 1. The number of ether oxygens (including phenoxy) is 6. The van der Waals surface area contributed by atoms with Gasteiger partial charge in [-0.2, -0.15) is 0 Å². The number of methoxy groups -OCH3 is 2. The fourth-order valence-electron chi connectivity index (χ4n) is 13.1. The van der Waals surface area contributed by atoms with Crippen LogP contribution in [0.3, 0.4) is 0 Å². The Morgan fingerprint density at radius 3 is 2.12 bits per heavy atom. The molecule has 2 saturated heterocycles. The lowest BCUT2D eigenvalue weighted by molar-refractivity contribution is -0.267. The van der Waals surface area contributed by atoms with Crippen LogP contribution in [0.2, 0.25) is 0 Å². The lowest BCUT2D eigenvalue weighted by Crippen LogP contribution is -2.61. The number of cyclic esters (lactones) is 1. The molecule has 3 heterocycles. The third kappa shape index (κ3) is 20.4. The van der Waals surface area contributed by atoms with Gasteiger partial charge in [0.15, 0.2) is 13.2 Å². The Balaban J connectivity index is 1.77. The van der Waals surface area contributed by atoms with Crippen molar-refractivity contribution < 1.29 is 76.8 Å². The Hall–Kier alpha value is -3.22. The number of amides is 1. The molecule has 1 saturated carbocycles. The maximum absolute atomic E-state index is 14.8. The van der Waals surface area contributed by atoms with Crippen LogP contribution in [0.1, 0.15) is 192 Å². The third-order valence-electron chi connectivity index (χ3n) is 19.1. The van der Waals surface area contributed by atoms with E-state index in [1.54, 1.807) is 47.3 Å². The highest BCUT2D eigenvalue weighted by Gasteiger charge is 2.53. The minimum absolute atomic E-state index is 0.0183. The molecule has 0 spiro atoms. The Morgan fingerprint density at radius 2 is 1.50 bits per heavy atom. The molecular formula is C66H110NO16P. The molecule has 2 bridgehead atoms. The van der Waals surface area contributed by atoms with E-state index in [0.717, 1.165) is 18.4 Å². The van der Waals surface area contributed by atoms with Crippen LogP contribution < -0.4 is 0 Å². The summed E-state index contributed by atoms with van der Waals surface area (Å²) < 4.78 is 56.8. The van der Waals surface area contributed by atoms with Gasteiger partial charge in [0.1, 0.15) is 30.1 Å². The van der Waals surface area contributed by atoms with Crippen LogP contribution >= 0.6 is 7.37 Å². The molecule has 17 nitrogen and oxygen atoms in total. The molecule has 1 amide bonds. The number of carbonyl (C=O) groups is 5. The van der Waals surface area contributed by atoms with Crippen molar-refractivity contribution in [1.29, 1.82) is 0 Å². The van der Waals surface area contributed by atoms with E-state index in [1.807, 2.05) is 58.1 Å². The number of rotatable bonds is 19. The van der Waals surface area contributed by atoms with Gasteiger partial charge >= 0.3 is 5.97 Å². The van der Waals surface area contributed by atoms with Crippen molar-refractivity contribution in [2.75, 3.05) is 47.3 Å². The van der Waals surface area contributed by atoms with Crippen molar-refractivity contribution in [1.82, 2.24) is 4.90 Å². The molecule has 0 aromatic carbocycles. The molecule has 3 aliphatic heterocycles. The monoisotopic (exact) mass is 1200 g/mol. The molecule has 4 aliphatic rings. The Kier molecular flexibility index (Phi) is 29.6. The lowest BCUT2D eigenvalue weighted by Gasteiger charge is -2.44. The number of hydrogen-bond donors (Lipinski definition) is 3. The molecule has 84 heavy (non-hydrogen) atoms. The highest BCUT2D eigenvalue weighted by atomic mass is 31.2. The van der Waals surface area contributed by atoms with Crippen LogP contribution in [-0.4, -0.2) is 163 Å². The topological polar surface area (TPSA) is 231 Å². The zero-order chi connectivity index (χ0) is 62.7. The van der Waals surface area contributed by atoms with Gasteiger partial charge in [0.25, 0.3) is 11.7 Å². The van der Waals surface area contributed by atoms with E-state index in [-0.39, 0.29) is 73.9 Å². The normalized spacial score (nSPS) is 33.6. The predicted molar refractivity (Wildman–Crippen MR) is 326 cm³/mol. The number of fused-ring (bicyclic) bond motifs is 3. The minimum atomic E-state index is -2.82. The standard InChI is InChI=1S/C66H110NO16P/c1-16-64(17-2,32-35-68)79-36-33-65(18-3,19-4)82-56-41-51-30-28-49(11)66(75,81-51)61(72)62(73)67-34-24-23-27-52(67)63(74)80-55(46(8)39-50-29-31-54(57(40-50)77-12)83-84(14,15)76)42-53(69)45(7)38-48(10)59(71)60(78-13)58(70)47(9)37-43(5)25-21-20-22-26-44(56)6/h20-22,25-26,38,43,45-47,49-52,54-57,59-60,68,71,75H,16-19,23-24,27-37,39-42H2,1-15H3/b22-20?,25-21+,44-26?,48-38+/t43-,45-,46-,47-,49-,50+,51+,52+,54-,55+,56+,57-,59-,60+,66-/m1/s1. The number of carbonyl (C=O) groups excluding carboxylic acids is 5. The van der Waals surface area contributed by atoms with Crippen LogP contribution in [0.15, 0.2) is 47.6 Å². The number of ketones is 3. The molecule has 18 heteroatoms. The number of aliphatic hydroxyl groups excluding tert-OH is 2. The first-order valence-corrected chi connectivity index (χ1v) is 34.2. The van der Waals surface area contributed by atoms with Crippen molar-refractivity contribution in [3.8, 4) is 0 Å². The quantitative estimate of drug-likeness (QED) is 0.0472. The van der Waals surface area contributed by atoms with Gasteiger partial charge in [0.05, 0.1) is 42.2 Å². The summed E-state index contributed by atoms with van der Waals surface area (Å²) in [7, 11) is 0.165. The minimum Gasteiger partial charge on any atom is -0.460 e. The molecule has 0 unspecified atom stereocenters. The van der Waals surface area contributed by atoms with E-state index in [2.05, 4.69) is 27.7 Å². The third-order valence-corrected chi connectivity index (χ3v) is 19.8. The average Bonchev–Trinajstić information content (AvgIpc) is 2.50. The first-order valence-electron chi connectivity index (χ1n) is 31.7. The van der Waals surface area contributed by atoms with Crippen molar-refractivity contribution >= 4 is 36.6 Å². The Morgan fingerprint density at radius 1 is 0.821 bits per heavy atom. The van der Waals surface area contributed by atoms with Crippen LogP contribution in [0.25, 0.3) is 0 Å². The fraction of sp³-hybridized carbons (Fsp3) is 0.803. The largest absolute Gasteiger partial charge is 0.460 e. The fourth-order valence-corrected chi connectivity index (χ4v) is 14.0. The second-order valence-corrected chi connectivity index (χ2v) is 28.4. The number of esters is 1. The SMILES string of the molecule is CCC(CC)(CCO)OCCC(CC)(CC)O[C@H]1C[C@@H]2CC[C@@H](C)[C@@](O)(O2)C(=O)C(=O)N2CCCC[C@H]2C(=O)O[C@H]([C@H](C)C[C@@H]2CC[C@@H](OP(C)(C)=O)[C@H](OC)C2)CC(=O)[C@H](C)/C=C(\C)[C@@H](O)[C@@H](OC)C(=O)[C@H](C)C[C@H](C)/C=C/C=CC=C1C. The zero-order valence-electron chi connectivity index (χ0n) is 53.9. The summed E-state index contributed by atoms with van der Waals surface area (Å²) in [5.74, 6) is -8.46. The average molecular weight is 1200 g/mol. The lowest BCUT2D eigenvalue weighted by atomic mass is 9.78. The summed E-state index contributed by atoms with van der Waals surface area (Å²) in [5.41, 5.74) is 0.129. The molecule has 3 fully saturated rings. The molecule has 0 radical (unpaired) electrons. The number of nitrogens with zero attached hydrogens (tertiary/aromatic N) is 1. The number of Topliss-reactive ketones (excluding diaryl/α,β-unsaturated/α-hetero) is 3. The van der Waals surface area contributed by atoms with Crippen LogP contribution in [0, 0.1) is 35.5 Å². The second kappa shape index (κ2) is 33.9. The van der Waals surface area contributed by atoms with Crippen LogP contribution in [0.4, 0.5) is 0 Å². The smallest absolute Gasteiger partial charge is 0.329 e. The number of aliphatic hydroxyl groups is 3. The van der Waals surface area contributed by atoms with Crippen molar-refractivity contribution in [3.05, 3.63) is 47.6 Å². The summed E-state index contributed by atoms with van der Waals surface area (Å²) in [5, 5.41) is 34.0. The maximum Gasteiger partial charge on any atom is 0.329 e. The van der Waals surface area contributed by atoms with Gasteiger partial charge in [-0.05, 0) is 145 Å². The van der Waals surface area contributed by atoms with Gasteiger partial charge in [0, 0.05) is 71.3 Å². The summed E-state index contributed by atoms with van der Waals surface area (Å²) in [6.07, 6.45) is 14.8. The number of hydrogen-bond acceptors (Lipinski definition) is 16. The molecule has 3 N–H and O–H groups in total. The van der Waals surface area contributed by atoms with Gasteiger partial charge in [-0.25, -0.2) is 4.79 Å². The second-order valence-electron chi connectivity index (χ2n) is 25.7. The first kappa shape index (κ1) is 73.3. The van der Waals surface area contributed by atoms with E-state index in [0.29, 0.717) is 95.7 Å². The summed E-state index contributed by atoms with van der Waals surface area (Å²) >= 11 is 0. The van der Waals surface area contributed by atoms with E-state index in [4.69, 9.17) is 32.9 Å². The van der Waals surface area contributed by atoms with Crippen molar-refractivity contribution in [3.63, 3.8) is 0 Å². The molecule has 0 aromatic rings. The summed E-state index contributed by atoms with van der Waals surface area (Å²) in [6, 6.07) is -1.20. The van der Waals surface area contributed by atoms with Crippen molar-refractivity contribution in [2.24, 2.45) is 35.5 Å². The summed E-state index contributed by atoms with van der Waals surface area (Å²) in [4.78, 5) is 73.9. The van der Waals surface area contributed by atoms with Crippen LogP contribution in [0.5, 0.6) is 0 Å².